The lowest BCUT2D eigenvalue weighted by molar-refractivity contribution is -0.635. The summed E-state index contributed by atoms with van der Waals surface area (Å²) < 4.78 is 0. The Balaban J connectivity index is 0. The van der Waals surface area contributed by atoms with Gasteiger partial charge in [0.25, 0.3) is 0 Å². The molecule has 106 valence electrons. The summed E-state index contributed by atoms with van der Waals surface area (Å²) in [7, 11) is 0. The first kappa shape index (κ1) is 20.0. The van der Waals surface area contributed by atoms with E-state index in [0.29, 0.717) is 0 Å². The van der Waals surface area contributed by atoms with Gasteiger partial charge in [-0.25, -0.2) is 0 Å². The maximum atomic E-state index is 8.51. The topological polar surface area (TPSA) is 36.8 Å². The molecule has 0 aliphatic carbocycles. The fourth-order valence-electron chi connectivity index (χ4n) is 1.67. The molecule has 0 aromatic heterocycles. The molecule has 18 heavy (non-hydrogen) atoms. The third-order valence-corrected chi connectivity index (χ3v) is 2.73. The minimum atomic E-state index is -0.0259. The van der Waals surface area contributed by atoms with Gasteiger partial charge in [-0.15, -0.1) is 0 Å². The van der Waals surface area contributed by atoms with Crippen molar-refractivity contribution in [3.05, 3.63) is 11.6 Å². The highest BCUT2D eigenvalue weighted by Crippen LogP contribution is 2.14. The lowest BCUT2D eigenvalue weighted by Gasteiger charge is -2.05. The molecule has 0 aromatic rings. The molecule has 0 amide bonds. The van der Waals surface area contributed by atoms with Gasteiger partial charge in [-0.3, -0.25) is 0 Å². The van der Waals surface area contributed by atoms with E-state index in [2.05, 4.69) is 37.1 Å². The summed E-state index contributed by atoms with van der Waals surface area (Å²) in [5.41, 5.74) is 1.61. The number of unbranched alkanes of at least 4 members (excludes halogenated alkanes) is 2. The van der Waals surface area contributed by atoms with Crippen LogP contribution in [0.4, 0.5) is 0 Å². The Hall–Kier alpha value is -0.300. The van der Waals surface area contributed by atoms with Crippen LogP contribution in [0.1, 0.15) is 52.4 Å². The number of hydrogen-bond donors (Lipinski definition) is 2. The quantitative estimate of drug-likeness (QED) is 0.315. The van der Waals surface area contributed by atoms with Gasteiger partial charge in [-0.2, -0.15) is 0 Å². The fourth-order valence-corrected chi connectivity index (χ4v) is 1.67. The van der Waals surface area contributed by atoms with E-state index in [4.69, 9.17) is 5.11 Å². The minimum absolute atomic E-state index is 0. The van der Waals surface area contributed by atoms with Crippen LogP contribution >= 0.6 is 0 Å². The molecule has 0 unspecified atom stereocenters. The summed E-state index contributed by atoms with van der Waals surface area (Å²) in [6.45, 7) is 6.26. The van der Waals surface area contributed by atoms with Crippen molar-refractivity contribution in [3.8, 4) is 11.8 Å². The van der Waals surface area contributed by atoms with Gasteiger partial charge in [-0.1, -0.05) is 38.2 Å². The van der Waals surface area contributed by atoms with Crippen molar-refractivity contribution in [1.82, 2.24) is 0 Å². The number of nitrogens with two attached hydrogens (primary N) is 1. The molecule has 0 fully saturated rings. The molecule has 0 bridgehead atoms. The van der Waals surface area contributed by atoms with Crippen LogP contribution in [0.2, 0.25) is 0 Å². The number of hydrogen-bond acceptors (Lipinski definition) is 1. The van der Waals surface area contributed by atoms with E-state index >= 15 is 0 Å². The van der Waals surface area contributed by atoms with Gasteiger partial charge >= 0.3 is 0 Å². The van der Waals surface area contributed by atoms with Crippen LogP contribution in [0.25, 0.3) is 0 Å². The zero-order valence-electron chi connectivity index (χ0n) is 11.8. The Morgan fingerprint density at radius 3 is 2.22 bits per heavy atom. The largest absolute Gasteiger partial charge is 1.00 e. The standard InChI is InChI=1S/C15H27NO.BrH/c1-3-5-9-15(10-6-4-2)11-13-16-12-7-8-14-17;/h11,16-17H,3-6,9-10,12-14H2,1-2H3;1H. The SMILES string of the molecule is CCCCC(=CC[NH2+]CC#CCO)CCCC.[Br-]. The van der Waals surface area contributed by atoms with Crippen molar-refractivity contribution in [3.63, 3.8) is 0 Å². The van der Waals surface area contributed by atoms with Crippen LogP contribution in [0.5, 0.6) is 0 Å². The highest BCUT2D eigenvalue weighted by atomic mass is 79.9. The van der Waals surface area contributed by atoms with Crippen molar-refractivity contribution in [1.29, 1.82) is 0 Å². The molecule has 0 aliphatic rings. The summed E-state index contributed by atoms with van der Waals surface area (Å²) in [5, 5.41) is 10.7. The zero-order chi connectivity index (χ0) is 12.8. The second-order valence-corrected chi connectivity index (χ2v) is 4.31. The van der Waals surface area contributed by atoms with Crippen molar-refractivity contribution in [2.45, 2.75) is 52.4 Å². The Morgan fingerprint density at radius 1 is 1.11 bits per heavy atom. The molecule has 0 aliphatic heterocycles. The molecule has 0 rings (SSSR count). The lowest BCUT2D eigenvalue weighted by Crippen LogP contribution is -3.00. The molecule has 0 spiro atoms. The molecular weight excluding hydrogens is 290 g/mol. The van der Waals surface area contributed by atoms with Gasteiger partial charge in [0, 0.05) is 0 Å². The van der Waals surface area contributed by atoms with E-state index < -0.39 is 0 Å². The van der Waals surface area contributed by atoms with Crippen molar-refractivity contribution in [2.75, 3.05) is 19.7 Å². The number of aliphatic hydroxyl groups excluding tert-OH is 1. The van der Waals surface area contributed by atoms with Gasteiger partial charge in [0.1, 0.15) is 13.2 Å². The van der Waals surface area contributed by atoms with Gasteiger partial charge in [-0.05, 0) is 37.7 Å². The Labute approximate surface area is 123 Å². The van der Waals surface area contributed by atoms with Crippen molar-refractivity contribution >= 4 is 0 Å². The van der Waals surface area contributed by atoms with Crippen molar-refractivity contribution < 1.29 is 27.4 Å². The average molecular weight is 318 g/mol. The number of aliphatic hydroxyl groups is 1. The summed E-state index contributed by atoms with van der Waals surface area (Å²) >= 11 is 0. The molecule has 0 saturated carbocycles. The first-order valence-corrected chi connectivity index (χ1v) is 6.91. The minimum Gasteiger partial charge on any atom is -1.00 e. The Kier molecular flexibility index (Phi) is 18.6. The van der Waals surface area contributed by atoms with Crippen molar-refractivity contribution in [2.24, 2.45) is 0 Å². The van der Waals surface area contributed by atoms with Crippen LogP contribution in [0.15, 0.2) is 11.6 Å². The Bertz CT molecular complexity index is 243. The summed E-state index contributed by atoms with van der Waals surface area (Å²) in [4.78, 5) is 0. The van der Waals surface area contributed by atoms with Crippen LogP contribution in [-0.4, -0.2) is 24.8 Å². The van der Waals surface area contributed by atoms with Gasteiger partial charge in [0.2, 0.25) is 0 Å². The van der Waals surface area contributed by atoms with E-state index in [1.807, 2.05) is 0 Å². The van der Waals surface area contributed by atoms with E-state index in [0.717, 1.165) is 13.1 Å². The zero-order valence-corrected chi connectivity index (χ0v) is 13.4. The summed E-state index contributed by atoms with van der Waals surface area (Å²) in [6.07, 6.45) is 10.0. The van der Waals surface area contributed by atoms with Crippen LogP contribution < -0.4 is 22.3 Å². The number of quaternary nitrogens is 1. The van der Waals surface area contributed by atoms with Crippen LogP contribution in [0.3, 0.4) is 0 Å². The highest BCUT2D eigenvalue weighted by molar-refractivity contribution is 5.02. The van der Waals surface area contributed by atoms with E-state index in [1.165, 1.54) is 38.5 Å². The first-order valence-electron chi connectivity index (χ1n) is 6.91. The average Bonchev–Trinajstić information content (AvgIpc) is 2.35. The van der Waals surface area contributed by atoms with E-state index in [-0.39, 0.29) is 23.6 Å². The molecule has 0 aromatic carbocycles. The first-order chi connectivity index (χ1) is 8.35. The smallest absolute Gasteiger partial charge is 0.138 e. The van der Waals surface area contributed by atoms with Crippen LogP contribution in [0, 0.1) is 11.8 Å². The summed E-state index contributed by atoms with van der Waals surface area (Å²) in [6, 6.07) is 0. The third kappa shape index (κ3) is 13.8. The van der Waals surface area contributed by atoms with Crippen LogP contribution in [-0.2, 0) is 0 Å². The molecule has 0 radical (unpaired) electrons. The normalized spacial score (nSPS) is 9.06. The summed E-state index contributed by atoms with van der Waals surface area (Å²) in [5.74, 6) is 5.57. The maximum Gasteiger partial charge on any atom is 0.138 e. The molecular formula is C15H28BrNO. The van der Waals surface area contributed by atoms with E-state index in [1.54, 1.807) is 5.57 Å². The number of allylic oxidation sites excluding steroid dienone is 1. The molecule has 0 heterocycles. The molecule has 0 saturated heterocycles. The predicted octanol–water partition coefficient (Wildman–Crippen LogP) is -1.14. The van der Waals surface area contributed by atoms with E-state index in [9.17, 15) is 0 Å². The number of halogens is 1. The van der Waals surface area contributed by atoms with Gasteiger partial charge in [0.05, 0.1) is 6.54 Å². The Morgan fingerprint density at radius 2 is 1.72 bits per heavy atom. The second-order valence-electron chi connectivity index (χ2n) is 4.31. The predicted molar refractivity (Wildman–Crippen MR) is 73.7 cm³/mol. The highest BCUT2D eigenvalue weighted by Gasteiger charge is 1.97. The van der Waals surface area contributed by atoms with Gasteiger partial charge in [0.15, 0.2) is 0 Å². The number of rotatable bonds is 9. The monoisotopic (exact) mass is 317 g/mol. The maximum absolute atomic E-state index is 8.51. The third-order valence-electron chi connectivity index (χ3n) is 2.73. The lowest BCUT2D eigenvalue weighted by atomic mass is 10.0. The fraction of sp³-hybridized carbons (Fsp3) is 0.733. The second kappa shape index (κ2) is 16.7. The molecule has 2 nitrogen and oxygen atoms in total. The van der Waals surface area contributed by atoms with Gasteiger partial charge < -0.3 is 27.4 Å². The molecule has 0 atom stereocenters. The molecule has 3 heteroatoms. The molecule has 3 N–H and O–H groups in total.